The van der Waals surface area contributed by atoms with Gasteiger partial charge in [-0.2, -0.15) is 0 Å². The maximum Gasteiger partial charge on any atom is 0.308 e. The van der Waals surface area contributed by atoms with Gasteiger partial charge in [0.1, 0.15) is 0 Å². The maximum absolute atomic E-state index is 11.9. The number of ketones is 1. The van der Waals surface area contributed by atoms with E-state index in [4.69, 9.17) is 4.74 Å². The van der Waals surface area contributed by atoms with Crippen LogP contribution < -0.4 is 0 Å². The van der Waals surface area contributed by atoms with E-state index in [0.29, 0.717) is 5.92 Å². The predicted octanol–water partition coefficient (Wildman–Crippen LogP) is 4.10. The van der Waals surface area contributed by atoms with Crippen molar-refractivity contribution in [3.05, 3.63) is 35.4 Å². The molecule has 3 nitrogen and oxygen atoms in total. The summed E-state index contributed by atoms with van der Waals surface area (Å²) in [6, 6.07) is 7.90. The highest BCUT2D eigenvalue weighted by Gasteiger charge is 2.27. The van der Waals surface area contributed by atoms with E-state index in [-0.39, 0.29) is 22.5 Å². The number of Topliss-reactive ketones (excluding diaryl/α,β-unsaturated/α-hetero) is 1. The standard InChI is InChI=1S/C17H21BrO3/c1-11(18)16(19)14-7-3-12(4-8-14)13-5-9-15(10-6-13)17(20)21-2/h3-4,7-8,11,13,15H,5-6,9-10H2,1-2H3. The number of esters is 1. The van der Waals surface area contributed by atoms with E-state index >= 15 is 0 Å². The Morgan fingerprint density at radius 2 is 1.71 bits per heavy atom. The second-order valence-corrected chi connectivity index (χ2v) is 7.05. The molecule has 0 spiro atoms. The van der Waals surface area contributed by atoms with Crippen LogP contribution in [0.4, 0.5) is 0 Å². The molecule has 1 atom stereocenters. The molecule has 21 heavy (non-hydrogen) atoms. The Kier molecular flexibility index (Phi) is 5.57. The predicted molar refractivity (Wildman–Crippen MR) is 85.9 cm³/mol. The summed E-state index contributed by atoms with van der Waals surface area (Å²) in [6.07, 6.45) is 3.77. The summed E-state index contributed by atoms with van der Waals surface area (Å²) in [5, 5.41) is 0. The molecule has 1 unspecified atom stereocenters. The van der Waals surface area contributed by atoms with Gasteiger partial charge < -0.3 is 4.74 Å². The van der Waals surface area contributed by atoms with Crippen LogP contribution in [0.2, 0.25) is 0 Å². The first-order chi connectivity index (χ1) is 10.0. The minimum absolute atomic E-state index is 0.0568. The first-order valence-corrected chi connectivity index (χ1v) is 8.30. The van der Waals surface area contributed by atoms with Crippen LogP contribution in [0.15, 0.2) is 24.3 Å². The van der Waals surface area contributed by atoms with Crippen molar-refractivity contribution >= 4 is 27.7 Å². The number of carbonyl (C=O) groups is 2. The highest BCUT2D eigenvalue weighted by molar-refractivity contribution is 9.10. The Morgan fingerprint density at radius 3 is 2.19 bits per heavy atom. The smallest absolute Gasteiger partial charge is 0.308 e. The van der Waals surface area contributed by atoms with Crippen molar-refractivity contribution in [2.45, 2.75) is 43.4 Å². The van der Waals surface area contributed by atoms with Gasteiger partial charge in [-0.25, -0.2) is 0 Å². The van der Waals surface area contributed by atoms with E-state index < -0.39 is 0 Å². The largest absolute Gasteiger partial charge is 0.469 e. The lowest BCUT2D eigenvalue weighted by atomic mass is 9.78. The van der Waals surface area contributed by atoms with Crippen LogP contribution in [0.25, 0.3) is 0 Å². The number of hydrogen-bond donors (Lipinski definition) is 0. The minimum Gasteiger partial charge on any atom is -0.469 e. The first kappa shape index (κ1) is 16.2. The fourth-order valence-corrected chi connectivity index (χ4v) is 3.24. The quantitative estimate of drug-likeness (QED) is 0.465. The summed E-state index contributed by atoms with van der Waals surface area (Å²) >= 11 is 3.31. The molecule has 0 bridgehead atoms. The summed E-state index contributed by atoms with van der Waals surface area (Å²) in [7, 11) is 1.45. The SMILES string of the molecule is COC(=O)C1CCC(c2ccc(C(=O)C(C)Br)cc2)CC1. The Morgan fingerprint density at radius 1 is 1.14 bits per heavy atom. The van der Waals surface area contributed by atoms with Crippen molar-refractivity contribution in [3.8, 4) is 0 Å². The molecule has 1 aromatic carbocycles. The van der Waals surface area contributed by atoms with Gasteiger partial charge in [-0.3, -0.25) is 9.59 Å². The third-order valence-corrected chi connectivity index (χ3v) is 4.71. The minimum atomic E-state index is -0.154. The number of methoxy groups -OCH3 is 1. The molecule has 114 valence electrons. The lowest BCUT2D eigenvalue weighted by Crippen LogP contribution is -2.22. The molecule has 2 rings (SSSR count). The second kappa shape index (κ2) is 7.21. The average molecular weight is 353 g/mol. The molecule has 0 N–H and O–H groups in total. The van der Waals surface area contributed by atoms with Gasteiger partial charge in [0.05, 0.1) is 17.9 Å². The van der Waals surface area contributed by atoms with E-state index in [9.17, 15) is 9.59 Å². The number of hydrogen-bond acceptors (Lipinski definition) is 3. The number of ether oxygens (including phenoxy) is 1. The Balaban J connectivity index is 1.98. The second-order valence-electron chi connectivity index (χ2n) is 5.67. The fraction of sp³-hybridized carbons (Fsp3) is 0.529. The monoisotopic (exact) mass is 352 g/mol. The molecule has 0 amide bonds. The van der Waals surface area contributed by atoms with Gasteiger partial charge >= 0.3 is 5.97 Å². The van der Waals surface area contributed by atoms with Gasteiger partial charge in [0.2, 0.25) is 0 Å². The molecule has 4 heteroatoms. The van der Waals surface area contributed by atoms with Crippen LogP contribution in [0.3, 0.4) is 0 Å². The molecule has 0 saturated heterocycles. The van der Waals surface area contributed by atoms with Gasteiger partial charge in [-0.05, 0) is 44.1 Å². The van der Waals surface area contributed by atoms with Crippen molar-refractivity contribution < 1.29 is 14.3 Å². The lowest BCUT2D eigenvalue weighted by molar-refractivity contribution is -0.146. The normalized spacial score (nSPS) is 23.4. The summed E-state index contributed by atoms with van der Waals surface area (Å²) in [4.78, 5) is 23.3. The van der Waals surface area contributed by atoms with Gasteiger partial charge in [0, 0.05) is 5.56 Å². The molecule has 0 aromatic heterocycles. The van der Waals surface area contributed by atoms with Crippen LogP contribution in [-0.4, -0.2) is 23.7 Å². The molecular weight excluding hydrogens is 332 g/mol. The summed E-state index contributed by atoms with van der Waals surface area (Å²) in [5.41, 5.74) is 2.00. The van der Waals surface area contributed by atoms with Crippen LogP contribution in [0, 0.1) is 5.92 Å². The lowest BCUT2D eigenvalue weighted by Gasteiger charge is -2.27. The molecule has 1 aliphatic carbocycles. The van der Waals surface area contributed by atoms with Crippen LogP contribution in [-0.2, 0) is 9.53 Å². The topological polar surface area (TPSA) is 43.4 Å². The molecule has 1 aromatic rings. The van der Waals surface area contributed by atoms with Gasteiger partial charge in [0.15, 0.2) is 5.78 Å². The third-order valence-electron chi connectivity index (χ3n) is 4.29. The Labute approximate surface area is 134 Å². The van der Waals surface area contributed by atoms with Gasteiger partial charge in [-0.1, -0.05) is 40.2 Å². The van der Waals surface area contributed by atoms with Crippen molar-refractivity contribution in [3.63, 3.8) is 0 Å². The summed E-state index contributed by atoms with van der Waals surface area (Å²) in [6.45, 7) is 1.84. The van der Waals surface area contributed by atoms with Crippen LogP contribution in [0.1, 0.15) is 54.4 Å². The van der Waals surface area contributed by atoms with Crippen molar-refractivity contribution in [1.82, 2.24) is 0 Å². The number of benzene rings is 1. The molecule has 1 saturated carbocycles. The summed E-state index contributed by atoms with van der Waals surface area (Å²) < 4.78 is 4.81. The first-order valence-electron chi connectivity index (χ1n) is 7.39. The van der Waals surface area contributed by atoms with E-state index in [1.54, 1.807) is 0 Å². The van der Waals surface area contributed by atoms with Crippen molar-refractivity contribution in [2.75, 3.05) is 7.11 Å². The maximum atomic E-state index is 11.9. The zero-order valence-electron chi connectivity index (χ0n) is 12.5. The number of carbonyl (C=O) groups excluding carboxylic acids is 2. The van der Waals surface area contributed by atoms with Gasteiger partial charge in [0.25, 0.3) is 0 Å². The van der Waals surface area contributed by atoms with Crippen molar-refractivity contribution in [2.24, 2.45) is 5.92 Å². The zero-order chi connectivity index (χ0) is 15.4. The summed E-state index contributed by atoms with van der Waals surface area (Å²) in [5.74, 6) is 0.564. The van der Waals surface area contributed by atoms with E-state index in [1.807, 2.05) is 31.2 Å². The fourth-order valence-electron chi connectivity index (χ4n) is 2.98. The Hall–Kier alpha value is -1.16. The molecule has 0 aliphatic heterocycles. The average Bonchev–Trinajstić information content (AvgIpc) is 2.53. The van der Waals surface area contributed by atoms with Crippen LogP contribution in [0.5, 0.6) is 0 Å². The zero-order valence-corrected chi connectivity index (χ0v) is 14.1. The highest BCUT2D eigenvalue weighted by Crippen LogP contribution is 2.36. The molecule has 0 heterocycles. The van der Waals surface area contributed by atoms with Crippen LogP contribution >= 0.6 is 15.9 Å². The highest BCUT2D eigenvalue weighted by atomic mass is 79.9. The van der Waals surface area contributed by atoms with E-state index in [0.717, 1.165) is 31.2 Å². The van der Waals surface area contributed by atoms with Gasteiger partial charge in [-0.15, -0.1) is 0 Å². The van der Waals surface area contributed by atoms with E-state index in [1.165, 1.54) is 12.7 Å². The molecule has 1 aliphatic rings. The van der Waals surface area contributed by atoms with E-state index in [2.05, 4.69) is 15.9 Å². The number of alkyl halides is 1. The number of rotatable bonds is 4. The Bertz CT molecular complexity index is 499. The number of halogens is 1. The van der Waals surface area contributed by atoms with Crippen molar-refractivity contribution in [1.29, 1.82) is 0 Å². The third kappa shape index (κ3) is 3.94. The molecular formula is C17H21BrO3. The molecule has 1 fully saturated rings. The molecule has 0 radical (unpaired) electrons.